The van der Waals surface area contributed by atoms with Crippen molar-refractivity contribution in [1.29, 1.82) is 0 Å². The molecule has 8 aromatic carbocycles. The molecule has 0 heteroatoms. The van der Waals surface area contributed by atoms with E-state index in [0.29, 0.717) is 0 Å². The van der Waals surface area contributed by atoms with Gasteiger partial charge in [0.1, 0.15) is 0 Å². The molecule has 266 valence electrons. The highest BCUT2D eigenvalue weighted by atomic mass is 14.2. The molecular formula is C52H58. The van der Waals surface area contributed by atoms with Crippen molar-refractivity contribution in [3.8, 4) is 0 Å². The van der Waals surface area contributed by atoms with Gasteiger partial charge in [-0.05, 0) is 101 Å². The van der Waals surface area contributed by atoms with Crippen LogP contribution in [0, 0.1) is 0 Å². The van der Waals surface area contributed by atoms with E-state index >= 15 is 0 Å². The number of aryl methyl sites for hydroxylation is 2. The third-order valence-corrected chi connectivity index (χ3v) is 12.4. The van der Waals surface area contributed by atoms with Crippen LogP contribution in [-0.4, -0.2) is 0 Å². The third kappa shape index (κ3) is 7.78. The van der Waals surface area contributed by atoms with Crippen molar-refractivity contribution < 1.29 is 0 Å². The summed E-state index contributed by atoms with van der Waals surface area (Å²) in [6, 6.07) is 41.4. The molecule has 0 unspecified atom stereocenters. The monoisotopic (exact) mass is 682 g/mol. The Kier molecular flexibility index (Phi) is 11.5. The summed E-state index contributed by atoms with van der Waals surface area (Å²) in [5.74, 6) is 0. The van der Waals surface area contributed by atoms with Crippen LogP contribution in [-0.2, 0) is 12.8 Å². The minimum Gasteiger partial charge on any atom is -0.0610 e. The molecule has 0 radical (unpaired) electrons. The molecule has 0 aromatic heterocycles. The van der Waals surface area contributed by atoms with Crippen molar-refractivity contribution >= 4 is 64.6 Å². The summed E-state index contributed by atoms with van der Waals surface area (Å²) in [6.45, 7) is 0. The molecule has 0 nitrogen and oxygen atoms in total. The first-order chi connectivity index (χ1) is 25.8. The van der Waals surface area contributed by atoms with Gasteiger partial charge in [0, 0.05) is 0 Å². The average molecular weight is 683 g/mol. The Morgan fingerprint density at radius 2 is 0.462 bits per heavy atom. The summed E-state index contributed by atoms with van der Waals surface area (Å²) in [5.41, 5.74) is 3.07. The Bertz CT molecular complexity index is 2120. The molecule has 0 heterocycles. The zero-order valence-electron chi connectivity index (χ0n) is 31.5. The van der Waals surface area contributed by atoms with E-state index in [4.69, 9.17) is 0 Å². The second-order valence-electron chi connectivity index (χ2n) is 16.0. The fourth-order valence-electron chi connectivity index (χ4n) is 9.49. The zero-order valence-corrected chi connectivity index (χ0v) is 31.5. The van der Waals surface area contributed by atoms with Gasteiger partial charge in [-0.25, -0.2) is 0 Å². The molecule has 0 aliphatic heterocycles. The fourth-order valence-corrected chi connectivity index (χ4v) is 9.49. The van der Waals surface area contributed by atoms with E-state index in [9.17, 15) is 0 Å². The number of benzene rings is 8. The average Bonchev–Trinajstić information content (AvgIpc) is 3.19. The van der Waals surface area contributed by atoms with Crippen LogP contribution in [0.25, 0.3) is 64.6 Å². The van der Waals surface area contributed by atoms with Gasteiger partial charge in [0.05, 0.1) is 0 Å². The van der Waals surface area contributed by atoms with Crippen molar-refractivity contribution in [2.45, 2.75) is 128 Å². The Labute approximate surface area is 312 Å². The smallest absolute Gasteiger partial charge is 0.00240 e. The van der Waals surface area contributed by atoms with Crippen LogP contribution in [0.5, 0.6) is 0 Å². The van der Waals surface area contributed by atoms with Crippen LogP contribution in [0.2, 0.25) is 0 Å². The highest BCUT2D eigenvalue weighted by molar-refractivity contribution is 6.24. The van der Waals surface area contributed by atoms with E-state index in [2.05, 4.69) is 109 Å². The first-order valence-electron chi connectivity index (χ1n) is 21.2. The van der Waals surface area contributed by atoms with Crippen molar-refractivity contribution in [3.05, 3.63) is 120 Å². The highest BCUT2D eigenvalue weighted by Crippen LogP contribution is 2.38. The Morgan fingerprint density at radius 3 is 0.788 bits per heavy atom. The SMILES string of the molecule is c1cc2ccc3ccc(CCCCCCCCCCCCCCCCCCCCc4ccc5ccc6cccc7ccc4c5c67)c4ccc(c1)c2c34. The van der Waals surface area contributed by atoms with Crippen molar-refractivity contribution in [2.75, 3.05) is 0 Å². The molecule has 0 bridgehead atoms. The first-order valence-corrected chi connectivity index (χ1v) is 21.2. The molecular weight excluding hydrogens is 625 g/mol. The summed E-state index contributed by atoms with van der Waals surface area (Å²) < 4.78 is 0. The van der Waals surface area contributed by atoms with Gasteiger partial charge >= 0.3 is 0 Å². The van der Waals surface area contributed by atoms with Crippen molar-refractivity contribution in [2.24, 2.45) is 0 Å². The van der Waals surface area contributed by atoms with Crippen molar-refractivity contribution in [3.63, 3.8) is 0 Å². The van der Waals surface area contributed by atoms with E-state index in [1.165, 1.54) is 204 Å². The van der Waals surface area contributed by atoms with Gasteiger partial charge in [0.25, 0.3) is 0 Å². The number of rotatable bonds is 21. The number of hydrogen-bond donors (Lipinski definition) is 0. The molecule has 0 saturated heterocycles. The van der Waals surface area contributed by atoms with Crippen LogP contribution >= 0.6 is 0 Å². The van der Waals surface area contributed by atoms with Gasteiger partial charge < -0.3 is 0 Å². The zero-order chi connectivity index (χ0) is 35.0. The molecule has 52 heavy (non-hydrogen) atoms. The van der Waals surface area contributed by atoms with Crippen LogP contribution in [0.3, 0.4) is 0 Å². The van der Waals surface area contributed by atoms with Gasteiger partial charge in [-0.15, -0.1) is 0 Å². The molecule has 0 amide bonds. The highest BCUT2D eigenvalue weighted by Gasteiger charge is 2.12. The van der Waals surface area contributed by atoms with Crippen LogP contribution in [0.1, 0.15) is 127 Å². The third-order valence-electron chi connectivity index (χ3n) is 12.4. The molecule has 0 aliphatic carbocycles. The van der Waals surface area contributed by atoms with Gasteiger partial charge in [0.2, 0.25) is 0 Å². The lowest BCUT2D eigenvalue weighted by molar-refractivity contribution is 0.524. The van der Waals surface area contributed by atoms with Gasteiger partial charge in [-0.1, -0.05) is 212 Å². The van der Waals surface area contributed by atoms with E-state index < -0.39 is 0 Å². The van der Waals surface area contributed by atoms with Crippen LogP contribution in [0.15, 0.2) is 109 Å². The lowest BCUT2D eigenvalue weighted by atomic mass is 9.90. The van der Waals surface area contributed by atoms with Gasteiger partial charge in [-0.3, -0.25) is 0 Å². The quantitative estimate of drug-likeness (QED) is 0.0523. The minimum absolute atomic E-state index is 1.21. The maximum Gasteiger partial charge on any atom is -0.00240 e. The first kappa shape index (κ1) is 34.9. The van der Waals surface area contributed by atoms with E-state index in [-0.39, 0.29) is 0 Å². The molecule has 0 saturated carbocycles. The molecule has 0 fully saturated rings. The maximum atomic E-state index is 2.39. The van der Waals surface area contributed by atoms with Crippen LogP contribution < -0.4 is 0 Å². The van der Waals surface area contributed by atoms with Crippen molar-refractivity contribution in [1.82, 2.24) is 0 Å². The standard InChI is InChI=1S/C52H58/c1(3-5-7-9-11-13-15-17-21-39-27-29-45-33-31-41-23-19-25-43-35-37-47(39)51(45)49(41)43)2-4-6-8-10-12-14-16-18-22-40-28-30-46-34-32-42-24-20-26-44-36-38-48(40)52(46)50(42)44/h19-20,23-38H,1-18,21-22H2. The Morgan fingerprint density at radius 1 is 0.212 bits per heavy atom. The summed E-state index contributed by atoms with van der Waals surface area (Å²) in [4.78, 5) is 0. The summed E-state index contributed by atoms with van der Waals surface area (Å²) in [5, 5.41) is 17.0. The Hall–Kier alpha value is -4.16. The minimum atomic E-state index is 1.21. The second-order valence-corrected chi connectivity index (χ2v) is 16.0. The topological polar surface area (TPSA) is 0 Å². The number of unbranched alkanes of at least 4 members (excludes halogenated alkanes) is 17. The van der Waals surface area contributed by atoms with E-state index in [1.807, 2.05) is 0 Å². The molecule has 0 spiro atoms. The van der Waals surface area contributed by atoms with E-state index in [1.54, 1.807) is 0 Å². The largest absolute Gasteiger partial charge is 0.0610 e. The summed E-state index contributed by atoms with van der Waals surface area (Å²) >= 11 is 0. The number of hydrogen-bond acceptors (Lipinski definition) is 0. The molecule has 8 rings (SSSR count). The fraction of sp³-hybridized carbons (Fsp3) is 0.385. The molecule has 8 aromatic rings. The molecule has 0 atom stereocenters. The van der Waals surface area contributed by atoms with E-state index in [0.717, 1.165) is 0 Å². The second kappa shape index (κ2) is 17.1. The predicted octanol–water partition coefficient (Wildman–Crippen LogP) is 16.3. The lowest BCUT2D eigenvalue weighted by Gasteiger charge is -2.14. The molecule has 0 N–H and O–H groups in total. The predicted molar refractivity (Wildman–Crippen MR) is 231 cm³/mol. The summed E-state index contributed by atoms with van der Waals surface area (Å²) in [6.07, 6.45) is 27.8. The normalized spacial score (nSPS) is 12.2. The Balaban J connectivity index is 0.622. The van der Waals surface area contributed by atoms with Gasteiger partial charge in [0.15, 0.2) is 0 Å². The maximum absolute atomic E-state index is 2.39. The lowest BCUT2D eigenvalue weighted by Crippen LogP contribution is -1.91. The van der Waals surface area contributed by atoms with Gasteiger partial charge in [-0.2, -0.15) is 0 Å². The van der Waals surface area contributed by atoms with Crippen LogP contribution in [0.4, 0.5) is 0 Å². The molecule has 0 aliphatic rings. The summed E-state index contributed by atoms with van der Waals surface area (Å²) in [7, 11) is 0.